The van der Waals surface area contributed by atoms with Gasteiger partial charge in [0, 0.05) is 0 Å². The summed E-state index contributed by atoms with van der Waals surface area (Å²) in [4.78, 5) is 4.09. The van der Waals surface area contributed by atoms with Gasteiger partial charge in [0.25, 0.3) is 0 Å². The Morgan fingerprint density at radius 2 is 2.00 bits per heavy atom. The van der Waals surface area contributed by atoms with Gasteiger partial charge in [-0.1, -0.05) is 29.3 Å². The van der Waals surface area contributed by atoms with Crippen LogP contribution in [0.1, 0.15) is 11.1 Å². The molecule has 1 aromatic carbocycles. The van der Waals surface area contributed by atoms with Gasteiger partial charge in [0.15, 0.2) is 0 Å². The summed E-state index contributed by atoms with van der Waals surface area (Å²) >= 11 is 11.9. The van der Waals surface area contributed by atoms with Gasteiger partial charge in [0.1, 0.15) is 11.0 Å². The summed E-state index contributed by atoms with van der Waals surface area (Å²) in [6.07, 6.45) is 0. The van der Waals surface area contributed by atoms with Crippen LogP contribution in [0.5, 0.6) is 0 Å². The van der Waals surface area contributed by atoms with Crippen LogP contribution in [-0.4, -0.2) is 4.98 Å². The number of hydrogen-bond donors (Lipinski definition) is 1. The highest BCUT2D eigenvalue weighted by atomic mass is 35.5. The second-order valence-electron chi connectivity index (χ2n) is 3.78. The average molecular weight is 278 g/mol. The maximum Gasteiger partial charge on any atom is 0.133 e. The van der Waals surface area contributed by atoms with Gasteiger partial charge in [-0.15, -0.1) is 0 Å². The monoisotopic (exact) mass is 277 g/mol. The highest BCUT2D eigenvalue weighted by Gasteiger charge is 2.04. The van der Waals surface area contributed by atoms with E-state index in [1.54, 1.807) is 12.1 Å². The Kier molecular flexibility index (Phi) is 3.71. The number of nitrogens with one attached hydrogen (secondary N) is 1. The number of nitrogens with zero attached hydrogens (tertiary/aromatic N) is 2. The van der Waals surface area contributed by atoms with Crippen molar-refractivity contribution in [1.29, 1.82) is 5.26 Å². The fourth-order valence-electron chi connectivity index (χ4n) is 1.50. The first-order chi connectivity index (χ1) is 8.58. The molecule has 3 nitrogen and oxygen atoms in total. The van der Waals surface area contributed by atoms with E-state index in [1.165, 1.54) is 6.07 Å². The largest absolute Gasteiger partial charge is 0.339 e. The average Bonchev–Trinajstić information content (AvgIpc) is 2.33. The van der Waals surface area contributed by atoms with Crippen molar-refractivity contribution in [2.75, 3.05) is 5.32 Å². The number of hydrogen-bond acceptors (Lipinski definition) is 3. The lowest BCUT2D eigenvalue weighted by molar-refractivity contribution is 1.29. The third kappa shape index (κ3) is 2.92. The molecule has 1 heterocycles. The normalized spacial score (nSPS) is 9.89. The quantitative estimate of drug-likeness (QED) is 0.832. The molecule has 18 heavy (non-hydrogen) atoms. The number of nitriles is 1. The SMILES string of the molecule is Cc1ccc(Cl)c(Nc2cc(C#N)cc(Cl)n2)c1. The van der Waals surface area contributed by atoms with Gasteiger partial charge in [-0.05, 0) is 36.8 Å². The van der Waals surface area contributed by atoms with Crippen molar-refractivity contribution in [3.05, 3.63) is 51.6 Å². The number of halogens is 2. The molecule has 1 aromatic heterocycles. The summed E-state index contributed by atoms with van der Waals surface area (Å²) in [6, 6.07) is 10.8. The van der Waals surface area contributed by atoms with Crippen LogP contribution in [-0.2, 0) is 0 Å². The summed E-state index contributed by atoms with van der Waals surface area (Å²) in [5.74, 6) is 0.492. The van der Waals surface area contributed by atoms with Gasteiger partial charge >= 0.3 is 0 Å². The van der Waals surface area contributed by atoms with E-state index in [-0.39, 0.29) is 5.15 Å². The zero-order valence-electron chi connectivity index (χ0n) is 9.54. The van der Waals surface area contributed by atoms with Crippen molar-refractivity contribution in [2.24, 2.45) is 0 Å². The molecule has 0 spiro atoms. The molecule has 0 atom stereocenters. The van der Waals surface area contributed by atoms with E-state index in [0.29, 0.717) is 16.4 Å². The summed E-state index contributed by atoms with van der Waals surface area (Å²) in [7, 11) is 0. The lowest BCUT2D eigenvalue weighted by Crippen LogP contribution is -1.96. The summed E-state index contributed by atoms with van der Waals surface area (Å²) in [6.45, 7) is 1.97. The zero-order valence-corrected chi connectivity index (χ0v) is 11.0. The molecule has 1 N–H and O–H groups in total. The van der Waals surface area contributed by atoms with Crippen LogP contribution in [0.2, 0.25) is 10.2 Å². The molecule has 0 saturated heterocycles. The fourth-order valence-corrected chi connectivity index (χ4v) is 1.87. The Hall–Kier alpha value is -1.76. The number of benzene rings is 1. The molecule has 0 fully saturated rings. The predicted molar refractivity (Wildman–Crippen MR) is 73.4 cm³/mol. The molecular weight excluding hydrogens is 269 g/mol. The van der Waals surface area contributed by atoms with Gasteiger partial charge in [0.05, 0.1) is 22.3 Å². The third-order valence-corrected chi connectivity index (χ3v) is 2.83. The summed E-state index contributed by atoms with van der Waals surface area (Å²) in [5.41, 5.74) is 2.25. The second kappa shape index (κ2) is 5.26. The van der Waals surface area contributed by atoms with E-state index in [2.05, 4.69) is 10.3 Å². The van der Waals surface area contributed by atoms with E-state index in [1.807, 2.05) is 25.1 Å². The van der Waals surface area contributed by atoms with E-state index in [0.717, 1.165) is 11.3 Å². The van der Waals surface area contributed by atoms with E-state index < -0.39 is 0 Å². The first-order valence-electron chi connectivity index (χ1n) is 5.19. The van der Waals surface area contributed by atoms with Crippen LogP contribution in [0.4, 0.5) is 11.5 Å². The van der Waals surface area contributed by atoms with Crippen molar-refractivity contribution in [1.82, 2.24) is 4.98 Å². The minimum absolute atomic E-state index is 0.264. The minimum Gasteiger partial charge on any atom is -0.339 e. The minimum atomic E-state index is 0.264. The summed E-state index contributed by atoms with van der Waals surface area (Å²) < 4.78 is 0. The van der Waals surface area contributed by atoms with Crippen molar-refractivity contribution >= 4 is 34.7 Å². The Morgan fingerprint density at radius 1 is 1.22 bits per heavy atom. The molecule has 90 valence electrons. The van der Waals surface area contributed by atoms with Crippen LogP contribution in [0.15, 0.2) is 30.3 Å². The molecule has 2 aromatic rings. The smallest absolute Gasteiger partial charge is 0.133 e. The van der Waals surface area contributed by atoms with Gasteiger partial charge in [-0.25, -0.2) is 4.98 Å². The molecule has 2 rings (SSSR count). The van der Waals surface area contributed by atoms with Crippen LogP contribution < -0.4 is 5.32 Å². The van der Waals surface area contributed by atoms with Gasteiger partial charge in [-0.3, -0.25) is 0 Å². The number of pyridine rings is 1. The van der Waals surface area contributed by atoms with Crippen molar-refractivity contribution in [3.63, 3.8) is 0 Å². The Morgan fingerprint density at radius 3 is 2.72 bits per heavy atom. The van der Waals surface area contributed by atoms with Crippen LogP contribution in [0, 0.1) is 18.3 Å². The van der Waals surface area contributed by atoms with Gasteiger partial charge < -0.3 is 5.32 Å². The number of aromatic nitrogens is 1. The zero-order chi connectivity index (χ0) is 13.1. The molecule has 5 heteroatoms. The maximum atomic E-state index is 8.86. The van der Waals surface area contributed by atoms with Gasteiger partial charge in [0.2, 0.25) is 0 Å². The van der Waals surface area contributed by atoms with Crippen molar-refractivity contribution in [3.8, 4) is 6.07 Å². The van der Waals surface area contributed by atoms with Crippen molar-refractivity contribution < 1.29 is 0 Å². The molecule has 0 amide bonds. The molecule has 0 saturated carbocycles. The highest BCUT2D eigenvalue weighted by molar-refractivity contribution is 6.33. The van der Waals surface area contributed by atoms with Crippen LogP contribution in [0.3, 0.4) is 0 Å². The van der Waals surface area contributed by atoms with E-state index in [9.17, 15) is 0 Å². The molecule has 0 aliphatic rings. The first-order valence-corrected chi connectivity index (χ1v) is 5.95. The molecular formula is C13H9Cl2N3. The second-order valence-corrected chi connectivity index (χ2v) is 4.58. The van der Waals surface area contributed by atoms with Crippen LogP contribution >= 0.6 is 23.2 Å². The topological polar surface area (TPSA) is 48.7 Å². The molecule has 0 aliphatic carbocycles. The first kappa shape index (κ1) is 12.7. The van der Waals surface area contributed by atoms with Crippen LogP contribution in [0.25, 0.3) is 0 Å². The Balaban J connectivity index is 2.37. The number of aryl methyl sites for hydroxylation is 1. The lowest BCUT2D eigenvalue weighted by Gasteiger charge is -2.09. The number of anilines is 2. The Labute approximate surface area is 115 Å². The summed E-state index contributed by atoms with van der Waals surface area (Å²) in [5, 5.41) is 12.8. The predicted octanol–water partition coefficient (Wildman–Crippen LogP) is 4.31. The van der Waals surface area contributed by atoms with Crippen molar-refractivity contribution in [2.45, 2.75) is 6.92 Å². The van der Waals surface area contributed by atoms with E-state index in [4.69, 9.17) is 28.5 Å². The maximum absolute atomic E-state index is 8.86. The lowest BCUT2D eigenvalue weighted by atomic mass is 10.2. The van der Waals surface area contributed by atoms with E-state index >= 15 is 0 Å². The molecule has 0 aliphatic heterocycles. The fraction of sp³-hybridized carbons (Fsp3) is 0.0769. The standard InChI is InChI=1S/C13H9Cl2N3/c1-8-2-3-10(14)11(4-8)17-13-6-9(7-16)5-12(15)18-13/h2-6H,1H3,(H,17,18). The molecule has 0 bridgehead atoms. The molecule has 0 radical (unpaired) electrons. The Bertz CT molecular complexity index is 633. The molecule has 0 unspecified atom stereocenters. The highest BCUT2D eigenvalue weighted by Crippen LogP contribution is 2.26. The third-order valence-electron chi connectivity index (χ3n) is 2.31. The van der Waals surface area contributed by atoms with Gasteiger partial charge in [-0.2, -0.15) is 5.26 Å². The number of rotatable bonds is 2.